The maximum atomic E-state index is 13.8. The SMILES string of the molecule is CCNC(=O)C(C)N(Cc1ccccc1)C(=O)CN(c1cccc(C)c1)S(=O)(=O)c1ccc(C)cc1. The summed E-state index contributed by atoms with van der Waals surface area (Å²) in [4.78, 5) is 27.9. The van der Waals surface area contributed by atoms with Gasteiger partial charge in [-0.2, -0.15) is 0 Å². The highest BCUT2D eigenvalue weighted by atomic mass is 32.2. The Kier molecular flexibility index (Phi) is 8.88. The largest absolute Gasteiger partial charge is 0.355 e. The van der Waals surface area contributed by atoms with Crippen LogP contribution >= 0.6 is 0 Å². The summed E-state index contributed by atoms with van der Waals surface area (Å²) in [6.45, 7) is 7.34. The summed E-state index contributed by atoms with van der Waals surface area (Å²) >= 11 is 0. The lowest BCUT2D eigenvalue weighted by atomic mass is 10.1. The molecule has 0 radical (unpaired) electrons. The molecule has 0 aromatic heterocycles. The zero-order valence-electron chi connectivity index (χ0n) is 21.1. The Morgan fingerprint density at radius 2 is 1.56 bits per heavy atom. The van der Waals surface area contributed by atoms with Crippen LogP contribution in [-0.2, 0) is 26.2 Å². The normalized spacial score (nSPS) is 12.0. The summed E-state index contributed by atoms with van der Waals surface area (Å²) in [5, 5.41) is 2.76. The zero-order valence-corrected chi connectivity index (χ0v) is 22.0. The third-order valence-electron chi connectivity index (χ3n) is 5.89. The molecule has 7 nitrogen and oxygen atoms in total. The van der Waals surface area contributed by atoms with Crippen LogP contribution in [0.1, 0.15) is 30.5 Å². The van der Waals surface area contributed by atoms with Gasteiger partial charge in [0.1, 0.15) is 12.6 Å². The molecule has 2 amide bonds. The van der Waals surface area contributed by atoms with Gasteiger partial charge in [-0.3, -0.25) is 13.9 Å². The molecule has 0 fully saturated rings. The van der Waals surface area contributed by atoms with Gasteiger partial charge < -0.3 is 10.2 Å². The summed E-state index contributed by atoms with van der Waals surface area (Å²) in [7, 11) is -4.06. The first-order chi connectivity index (χ1) is 17.1. The Balaban J connectivity index is 2.02. The van der Waals surface area contributed by atoms with Crippen molar-refractivity contribution in [3.8, 4) is 0 Å². The van der Waals surface area contributed by atoms with Crippen molar-refractivity contribution in [1.82, 2.24) is 10.2 Å². The maximum absolute atomic E-state index is 13.8. The molecule has 1 unspecified atom stereocenters. The van der Waals surface area contributed by atoms with Crippen LogP contribution in [0.2, 0.25) is 0 Å². The number of nitrogens with one attached hydrogen (secondary N) is 1. The van der Waals surface area contributed by atoms with Gasteiger partial charge in [0, 0.05) is 13.1 Å². The van der Waals surface area contributed by atoms with E-state index >= 15 is 0 Å². The van der Waals surface area contributed by atoms with E-state index in [-0.39, 0.29) is 17.3 Å². The van der Waals surface area contributed by atoms with E-state index in [0.29, 0.717) is 12.2 Å². The maximum Gasteiger partial charge on any atom is 0.264 e. The van der Waals surface area contributed by atoms with Crippen molar-refractivity contribution >= 4 is 27.5 Å². The summed E-state index contributed by atoms with van der Waals surface area (Å²) in [6, 6.07) is 22.1. The molecule has 0 bridgehead atoms. The first-order valence-electron chi connectivity index (χ1n) is 11.9. The molecule has 3 aromatic carbocycles. The molecule has 0 aliphatic rings. The van der Waals surface area contributed by atoms with Crippen LogP contribution in [0.5, 0.6) is 0 Å². The molecule has 0 aliphatic carbocycles. The van der Waals surface area contributed by atoms with Crippen molar-refractivity contribution in [2.45, 2.75) is 45.2 Å². The van der Waals surface area contributed by atoms with E-state index in [2.05, 4.69) is 5.32 Å². The van der Waals surface area contributed by atoms with E-state index in [4.69, 9.17) is 0 Å². The first kappa shape index (κ1) is 26.9. The van der Waals surface area contributed by atoms with E-state index < -0.39 is 28.5 Å². The number of likely N-dealkylation sites (N-methyl/N-ethyl adjacent to an activating group) is 1. The fourth-order valence-electron chi connectivity index (χ4n) is 3.83. The zero-order chi connectivity index (χ0) is 26.3. The standard InChI is InChI=1S/C28H33N3O4S/c1-5-29-28(33)23(4)30(19-24-11-7-6-8-12-24)27(32)20-31(25-13-9-10-22(3)18-25)36(34,35)26-16-14-21(2)15-17-26/h6-18,23H,5,19-20H2,1-4H3,(H,29,33). The number of anilines is 1. The Bertz CT molecular complexity index is 1290. The van der Waals surface area contributed by atoms with Gasteiger partial charge in [0.15, 0.2) is 0 Å². The molecule has 0 heterocycles. The predicted octanol–water partition coefficient (Wildman–Crippen LogP) is 4.05. The molecule has 1 N–H and O–H groups in total. The van der Waals surface area contributed by atoms with E-state index in [1.165, 1.54) is 17.0 Å². The van der Waals surface area contributed by atoms with E-state index in [1.807, 2.05) is 57.2 Å². The number of aryl methyl sites for hydroxylation is 2. The number of carbonyl (C=O) groups is 2. The van der Waals surface area contributed by atoms with Crippen LogP contribution in [0.4, 0.5) is 5.69 Å². The van der Waals surface area contributed by atoms with Crippen molar-refractivity contribution in [2.24, 2.45) is 0 Å². The molecular weight excluding hydrogens is 474 g/mol. The topological polar surface area (TPSA) is 86.8 Å². The second-order valence-electron chi connectivity index (χ2n) is 8.74. The average Bonchev–Trinajstić information content (AvgIpc) is 2.86. The Labute approximate surface area is 213 Å². The van der Waals surface area contributed by atoms with Gasteiger partial charge in [0.2, 0.25) is 11.8 Å². The van der Waals surface area contributed by atoms with Gasteiger partial charge in [-0.25, -0.2) is 8.42 Å². The van der Waals surface area contributed by atoms with Crippen molar-refractivity contribution in [1.29, 1.82) is 0 Å². The third-order valence-corrected chi connectivity index (χ3v) is 7.68. The second-order valence-corrected chi connectivity index (χ2v) is 10.6. The lowest BCUT2D eigenvalue weighted by molar-refractivity contribution is -0.139. The van der Waals surface area contributed by atoms with E-state index in [1.54, 1.807) is 37.3 Å². The number of carbonyl (C=O) groups excluding carboxylic acids is 2. The van der Waals surface area contributed by atoms with Crippen LogP contribution in [-0.4, -0.2) is 44.3 Å². The fourth-order valence-corrected chi connectivity index (χ4v) is 5.24. The highest BCUT2D eigenvalue weighted by molar-refractivity contribution is 7.92. The smallest absolute Gasteiger partial charge is 0.264 e. The Morgan fingerprint density at radius 1 is 0.889 bits per heavy atom. The Hall–Kier alpha value is -3.65. The van der Waals surface area contributed by atoms with Gasteiger partial charge in [0.25, 0.3) is 10.0 Å². The lowest BCUT2D eigenvalue weighted by Gasteiger charge is -2.32. The second kappa shape index (κ2) is 11.9. The van der Waals surface area contributed by atoms with E-state index in [9.17, 15) is 18.0 Å². The number of hydrogen-bond donors (Lipinski definition) is 1. The number of amides is 2. The number of sulfonamides is 1. The van der Waals surface area contributed by atoms with Crippen molar-refractivity contribution in [3.05, 3.63) is 95.6 Å². The Morgan fingerprint density at radius 3 is 2.17 bits per heavy atom. The fraction of sp³-hybridized carbons (Fsp3) is 0.286. The van der Waals surface area contributed by atoms with Crippen LogP contribution < -0.4 is 9.62 Å². The number of rotatable bonds is 10. The van der Waals surface area contributed by atoms with Crippen LogP contribution in [0.3, 0.4) is 0 Å². The molecule has 8 heteroatoms. The average molecular weight is 508 g/mol. The van der Waals surface area contributed by atoms with Gasteiger partial charge in [-0.05, 0) is 63.1 Å². The summed E-state index contributed by atoms with van der Waals surface area (Å²) < 4.78 is 28.6. The highest BCUT2D eigenvalue weighted by Gasteiger charge is 2.32. The molecule has 0 saturated heterocycles. The molecular formula is C28H33N3O4S. The minimum Gasteiger partial charge on any atom is -0.355 e. The number of hydrogen-bond acceptors (Lipinski definition) is 4. The lowest BCUT2D eigenvalue weighted by Crippen LogP contribution is -2.51. The van der Waals surface area contributed by atoms with Gasteiger partial charge in [-0.15, -0.1) is 0 Å². The predicted molar refractivity (Wildman–Crippen MR) is 142 cm³/mol. The van der Waals surface area contributed by atoms with Crippen molar-refractivity contribution < 1.29 is 18.0 Å². The number of benzene rings is 3. The third kappa shape index (κ3) is 6.51. The highest BCUT2D eigenvalue weighted by Crippen LogP contribution is 2.25. The monoisotopic (exact) mass is 507 g/mol. The van der Waals surface area contributed by atoms with Crippen LogP contribution in [0, 0.1) is 13.8 Å². The summed E-state index contributed by atoms with van der Waals surface area (Å²) in [5.74, 6) is -0.778. The van der Waals surface area contributed by atoms with Crippen molar-refractivity contribution in [3.63, 3.8) is 0 Å². The summed E-state index contributed by atoms with van der Waals surface area (Å²) in [6.07, 6.45) is 0. The molecule has 3 rings (SSSR count). The van der Waals surface area contributed by atoms with E-state index in [0.717, 1.165) is 21.0 Å². The molecule has 0 aliphatic heterocycles. The number of nitrogens with zero attached hydrogens (tertiary/aromatic N) is 2. The van der Waals surface area contributed by atoms with Gasteiger partial charge >= 0.3 is 0 Å². The minimum atomic E-state index is -4.06. The van der Waals surface area contributed by atoms with Crippen LogP contribution in [0.15, 0.2) is 83.8 Å². The molecule has 36 heavy (non-hydrogen) atoms. The van der Waals surface area contributed by atoms with Gasteiger partial charge in [0.05, 0.1) is 10.6 Å². The molecule has 1 atom stereocenters. The van der Waals surface area contributed by atoms with Crippen molar-refractivity contribution in [2.75, 3.05) is 17.4 Å². The summed E-state index contributed by atoms with van der Waals surface area (Å²) in [5.41, 5.74) is 3.01. The quantitative estimate of drug-likeness (QED) is 0.449. The van der Waals surface area contributed by atoms with Crippen LogP contribution in [0.25, 0.3) is 0 Å². The molecule has 190 valence electrons. The minimum absolute atomic E-state index is 0.0915. The molecule has 3 aromatic rings. The molecule has 0 spiro atoms. The van der Waals surface area contributed by atoms with Gasteiger partial charge in [-0.1, -0.05) is 60.2 Å². The first-order valence-corrected chi connectivity index (χ1v) is 13.3. The molecule has 0 saturated carbocycles.